The normalized spacial score (nSPS) is 9.36. The highest BCUT2D eigenvalue weighted by atomic mass is 19.1. The Hall–Kier alpha value is -1.05. The van der Waals surface area contributed by atoms with E-state index in [9.17, 15) is 4.39 Å². The first kappa shape index (κ1) is 12.9. The van der Waals surface area contributed by atoms with Gasteiger partial charge in [-0.15, -0.1) is 0 Å². The molecule has 0 aromatic heterocycles. The van der Waals surface area contributed by atoms with Crippen LogP contribution in [0.2, 0.25) is 0 Å². The van der Waals surface area contributed by atoms with Crippen molar-refractivity contribution in [2.75, 3.05) is 0 Å². The van der Waals surface area contributed by atoms with Gasteiger partial charge in [-0.05, 0) is 32.4 Å². The van der Waals surface area contributed by atoms with Gasteiger partial charge in [-0.1, -0.05) is 19.9 Å². The number of aryl methyl sites for hydroxylation is 1. The lowest BCUT2D eigenvalue weighted by Crippen LogP contribution is -2.06. The van der Waals surface area contributed by atoms with Crippen molar-refractivity contribution in [1.29, 1.82) is 0 Å². The van der Waals surface area contributed by atoms with Gasteiger partial charge >= 0.3 is 0 Å². The summed E-state index contributed by atoms with van der Waals surface area (Å²) in [4.78, 5) is 0. The predicted molar refractivity (Wildman–Crippen MR) is 58.2 cm³/mol. The smallest absolute Gasteiger partial charge is 0.126 e. The monoisotopic (exact) mass is 198 g/mol. The Morgan fingerprint density at radius 3 is 2.29 bits per heavy atom. The van der Waals surface area contributed by atoms with E-state index in [0.29, 0.717) is 5.75 Å². The van der Waals surface area contributed by atoms with Gasteiger partial charge in [0.25, 0.3) is 0 Å². The fourth-order valence-electron chi connectivity index (χ4n) is 0.955. The molecule has 0 bridgehead atoms. The van der Waals surface area contributed by atoms with Crippen molar-refractivity contribution in [2.45, 2.75) is 40.7 Å². The van der Waals surface area contributed by atoms with Crippen molar-refractivity contribution in [3.8, 4) is 5.75 Å². The first-order valence-electron chi connectivity index (χ1n) is 5.02. The number of hydrogen-bond acceptors (Lipinski definition) is 1. The second-order valence-corrected chi connectivity index (χ2v) is 3.08. The van der Waals surface area contributed by atoms with Gasteiger partial charge in [0.1, 0.15) is 11.6 Å². The topological polar surface area (TPSA) is 9.23 Å². The molecule has 1 nitrogen and oxygen atoms in total. The summed E-state index contributed by atoms with van der Waals surface area (Å²) in [5.74, 6) is 0.376. The van der Waals surface area contributed by atoms with Crippen molar-refractivity contribution in [3.63, 3.8) is 0 Å². The first-order chi connectivity index (χ1) is 6.59. The highest BCUT2D eigenvalue weighted by Crippen LogP contribution is 2.19. The minimum absolute atomic E-state index is 0.0884. The van der Waals surface area contributed by atoms with Crippen molar-refractivity contribution >= 4 is 0 Å². The summed E-state index contributed by atoms with van der Waals surface area (Å²) in [7, 11) is 0. The molecule has 0 N–H and O–H groups in total. The highest BCUT2D eigenvalue weighted by molar-refractivity contribution is 5.32. The number of rotatable bonds is 2. The third-order valence-corrected chi connectivity index (χ3v) is 1.51. The van der Waals surface area contributed by atoms with Crippen LogP contribution < -0.4 is 4.74 Å². The summed E-state index contributed by atoms with van der Waals surface area (Å²) >= 11 is 0. The molecule has 2 heteroatoms. The van der Waals surface area contributed by atoms with Crippen LogP contribution in [0, 0.1) is 12.7 Å². The molecule has 1 rings (SSSR count). The van der Waals surface area contributed by atoms with E-state index in [4.69, 9.17) is 4.74 Å². The van der Waals surface area contributed by atoms with Crippen LogP contribution in [0.25, 0.3) is 0 Å². The van der Waals surface area contributed by atoms with Crippen molar-refractivity contribution in [3.05, 3.63) is 29.6 Å². The Balaban J connectivity index is 0.000000791. The van der Waals surface area contributed by atoms with E-state index in [1.807, 2.05) is 34.6 Å². The van der Waals surface area contributed by atoms with Gasteiger partial charge in [0, 0.05) is 6.07 Å². The quantitative estimate of drug-likeness (QED) is 0.699. The van der Waals surface area contributed by atoms with Crippen LogP contribution in [0.4, 0.5) is 4.39 Å². The zero-order valence-electron chi connectivity index (χ0n) is 9.60. The van der Waals surface area contributed by atoms with Crippen molar-refractivity contribution < 1.29 is 9.13 Å². The molecule has 1 aromatic carbocycles. The maximum Gasteiger partial charge on any atom is 0.126 e. The summed E-state index contributed by atoms with van der Waals surface area (Å²) in [6, 6.07) is 4.56. The van der Waals surface area contributed by atoms with Crippen LogP contribution in [0.5, 0.6) is 5.75 Å². The van der Waals surface area contributed by atoms with Crippen LogP contribution >= 0.6 is 0 Å². The molecule has 0 amide bonds. The van der Waals surface area contributed by atoms with Crippen LogP contribution in [-0.4, -0.2) is 6.10 Å². The average Bonchev–Trinajstić information content (AvgIpc) is 2.14. The van der Waals surface area contributed by atoms with Gasteiger partial charge in [-0.25, -0.2) is 4.39 Å². The lowest BCUT2D eigenvalue weighted by atomic mass is 10.2. The van der Waals surface area contributed by atoms with E-state index < -0.39 is 0 Å². The van der Waals surface area contributed by atoms with Gasteiger partial charge in [-0.2, -0.15) is 0 Å². The minimum Gasteiger partial charge on any atom is -0.491 e. The van der Waals surface area contributed by atoms with Crippen molar-refractivity contribution in [1.82, 2.24) is 0 Å². The average molecular weight is 198 g/mol. The van der Waals surface area contributed by atoms with Gasteiger partial charge in [0.05, 0.1) is 6.10 Å². The second kappa shape index (κ2) is 6.41. The summed E-state index contributed by atoms with van der Waals surface area (Å²) < 4.78 is 18.1. The Labute approximate surface area is 85.9 Å². The molecule has 0 saturated heterocycles. The van der Waals surface area contributed by atoms with Crippen LogP contribution in [-0.2, 0) is 0 Å². The lowest BCUT2D eigenvalue weighted by molar-refractivity contribution is 0.239. The maximum absolute atomic E-state index is 12.7. The molecule has 1 aromatic rings. The Kier molecular flexibility index (Phi) is 5.93. The first-order valence-corrected chi connectivity index (χ1v) is 5.02. The molecule has 0 unspecified atom stereocenters. The zero-order valence-corrected chi connectivity index (χ0v) is 9.60. The van der Waals surface area contributed by atoms with Crippen LogP contribution in [0.3, 0.4) is 0 Å². The van der Waals surface area contributed by atoms with E-state index in [-0.39, 0.29) is 11.9 Å². The van der Waals surface area contributed by atoms with Gasteiger partial charge in [0.2, 0.25) is 0 Å². The molecule has 0 fully saturated rings. The number of hydrogen-bond donors (Lipinski definition) is 0. The van der Waals surface area contributed by atoms with Gasteiger partial charge < -0.3 is 4.74 Å². The van der Waals surface area contributed by atoms with E-state index in [1.165, 1.54) is 12.1 Å². The van der Waals surface area contributed by atoms with Crippen molar-refractivity contribution in [2.24, 2.45) is 0 Å². The molecule has 0 aliphatic carbocycles. The standard InChI is InChI=1S/C10H13FO.C2H6/c1-7(2)12-10-6-9(11)5-4-8(10)3;1-2/h4-7H,1-3H3;1-2H3. The maximum atomic E-state index is 12.7. The van der Waals surface area contributed by atoms with Gasteiger partial charge in [-0.3, -0.25) is 0 Å². The fraction of sp³-hybridized carbons (Fsp3) is 0.500. The highest BCUT2D eigenvalue weighted by Gasteiger charge is 2.02. The third-order valence-electron chi connectivity index (χ3n) is 1.51. The van der Waals surface area contributed by atoms with E-state index in [0.717, 1.165) is 5.56 Å². The molecule has 0 heterocycles. The molecule has 0 atom stereocenters. The number of ether oxygens (including phenoxy) is 1. The molecule has 0 spiro atoms. The summed E-state index contributed by atoms with van der Waals surface area (Å²) in [6.07, 6.45) is 0.0884. The van der Waals surface area contributed by atoms with E-state index in [1.54, 1.807) is 6.07 Å². The summed E-state index contributed by atoms with van der Waals surface area (Å²) in [6.45, 7) is 9.74. The molecular weight excluding hydrogens is 179 g/mol. The molecule has 80 valence electrons. The zero-order chi connectivity index (χ0) is 11.1. The van der Waals surface area contributed by atoms with Crippen LogP contribution in [0.15, 0.2) is 18.2 Å². The Morgan fingerprint density at radius 1 is 1.21 bits per heavy atom. The SMILES string of the molecule is CC.Cc1ccc(F)cc1OC(C)C. The van der Waals surface area contributed by atoms with E-state index >= 15 is 0 Å². The molecule has 0 radical (unpaired) electrons. The lowest BCUT2D eigenvalue weighted by Gasteiger charge is -2.11. The molecule has 0 saturated carbocycles. The van der Waals surface area contributed by atoms with Gasteiger partial charge in [0.15, 0.2) is 0 Å². The summed E-state index contributed by atoms with van der Waals surface area (Å²) in [5, 5.41) is 0. The molecule has 0 aliphatic rings. The summed E-state index contributed by atoms with van der Waals surface area (Å²) in [5.41, 5.74) is 0.963. The molecule has 14 heavy (non-hydrogen) atoms. The number of halogens is 1. The second-order valence-electron chi connectivity index (χ2n) is 3.08. The Bertz CT molecular complexity index is 269. The van der Waals surface area contributed by atoms with E-state index in [2.05, 4.69) is 0 Å². The predicted octanol–water partition coefficient (Wildman–Crippen LogP) is 3.95. The Morgan fingerprint density at radius 2 is 1.79 bits per heavy atom. The molecule has 0 aliphatic heterocycles. The third kappa shape index (κ3) is 4.26. The molecular formula is C12H19FO. The fourth-order valence-corrected chi connectivity index (χ4v) is 0.955. The van der Waals surface area contributed by atoms with Crippen LogP contribution in [0.1, 0.15) is 33.3 Å². The largest absolute Gasteiger partial charge is 0.491 e. The number of benzene rings is 1. The minimum atomic E-state index is -0.253.